The Balaban J connectivity index is 1.59. The van der Waals surface area contributed by atoms with Crippen LogP contribution in [0.5, 0.6) is 28.7 Å². The molecule has 0 bridgehead atoms. The molecule has 4 aromatic rings. The van der Waals surface area contributed by atoms with Crippen LogP contribution in [0.3, 0.4) is 0 Å². The highest BCUT2D eigenvalue weighted by Crippen LogP contribution is 2.50. The van der Waals surface area contributed by atoms with Crippen molar-refractivity contribution in [2.75, 3.05) is 45.8 Å². The Labute approximate surface area is 268 Å². The first-order chi connectivity index (χ1) is 22.4. The van der Waals surface area contributed by atoms with Crippen LogP contribution in [0.15, 0.2) is 96.2 Å². The zero-order chi connectivity index (χ0) is 32.4. The number of nitrogens with zero attached hydrogens (tertiary/aromatic N) is 1. The Morgan fingerprint density at radius 2 is 1.33 bits per heavy atom. The molecule has 0 radical (unpaired) electrons. The Bertz CT molecular complexity index is 1790. The largest absolute Gasteiger partial charge is 0.493 e. The second-order valence-electron chi connectivity index (χ2n) is 11.1. The maximum Gasteiger partial charge on any atom is 0.259 e. The zero-order valence-corrected chi connectivity index (χ0v) is 26.5. The van der Waals surface area contributed by atoms with Crippen molar-refractivity contribution in [3.63, 3.8) is 0 Å². The van der Waals surface area contributed by atoms with Crippen LogP contribution >= 0.6 is 0 Å². The normalized spacial score (nSPS) is 17.2. The van der Waals surface area contributed by atoms with Crippen LogP contribution in [0, 0.1) is 0 Å². The number of carbonyl (C=O) groups excluding carboxylic acids is 2. The SMILES string of the molecule is COc1ccc([C@@H]2CC(=O)C3=C(C2)Nc2ccccc2N(C(=O)c2ccccc2)[C@H]3c2cc(OC)c(OC)c(OC)c2)cc1OC. The lowest BCUT2D eigenvalue weighted by Gasteiger charge is -2.35. The Morgan fingerprint density at radius 1 is 0.696 bits per heavy atom. The summed E-state index contributed by atoms with van der Waals surface area (Å²) in [5.74, 6) is 2.00. The van der Waals surface area contributed by atoms with E-state index in [2.05, 4.69) is 5.32 Å². The van der Waals surface area contributed by atoms with Gasteiger partial charge in [-0.25, -0.2) is 0 Å². The predicted octanol–water partition coefficient (Wildman–Crippen LogP) is 6.94. The van der Waals surface area contributed by atoms with Crippen LogP contribution in [0.4, 0.5) is 11.4 Å². The van der Waals surface area contributed by atoms with Gasteiger partial charge in [0.05, 0.1) is 53.0 Å². The molecule has 1 aliphatic carbocycles. The molecule has 1 heterocycles. The fourth-order valence-corrected chi connectivity index (χ4v) is 6.45. The minimum Gasteiger partial charge on any atom is -0.493 e. The van der Waals surface area contributed by atoms with E-state index in [4.69, 9.17) is 23.7 Å². The lowest BCUT2D eigenvalue weighted by Crippen LogP contribution is -2.38. The molecule has 1 N–H and O–H groups in total. The van der Waals surface area contributed by atoms with Gasteiger partial charge in [0.2, 0.25) is 5.75 Å². The van der Waals surface area contributed by atoms with Crippen LogP contribution in [-0.4, -0.2) is 47.2 Å². The molecule has 0 aromatic heterocycles. The van der Waals surface area contributed by atoms with Gasteiger partial charge < -0.3 is 29.0 Å². The molecule has 0 fully saturated rings. The first kappa shape index (κ1) is 30.6. The number of hydrogen-bond acceptors (Lipinski definition) is 8. The highest BCUT2D eigenvalue weighted by molar-refractivity contribution is 6.12. The van der Waals surface area contributed by atoms with Crippen LogP contribution < -0.4 is 33.9 Å². The van der Waals surface area contributed by atoms with Crippen LogP contribution in [0.25, 0.3) is 0 Å². The van der Waals surface area contributed by atoms with Gasteiger partial charge in [0, 0.05) is 23.3 Å². The van der Waals surface area contributed by atoms with Crippen LogP contribution in [0.1, 0.15) is 46.3 Å². The van der Waals surface area contributed by atoms with Crippen molar-refractivity contribution in [1.82, 2.24) is 0 Å². The number of methoxy groups -OCH3 is 5. The minimum absolute atomic E-state index is 0.0778. The molecule has 1 amide bonds. The van der Waals surface area contributed by atoms with Crippen LogP contribution in [-0.2, 0) is 4.79 Å². The second-order valence-corrected chi connectivity index (χ2v) is 11.1. The topological polar surface area (TPSA) is 95.6 Å². The van der Waals surface area contributed by atoms with Gasteiger partial charge in [-0.2, -0.15) is 0 Å². The summed E-state index contributed by atoms with van der Waals surface area (Å²) in [6.07, 6.45) is 0.764. The number of nitrogens with one attached hydrogen (secondary N) is 1. The molecule has 0 saturated heterocycles. The summed E-state index contributed by atoms with van der Waals surface area (Å²) in [7, 11) is 7.82. The summed E-state index contributed by atoms with van der Waals surface area (Å²) >= 11 is 0. The Hall–Kier alpha value is -5.44. The molecule has 46 heavy (non-hydrogen) atoms. The fraction of sp³-hybridized carbons (Fsp3) is 0.243. The summed E-state index contributed by atoms with van der Waals surface area (Å²) < 4.78 is 28.1. The van der Waals surface area contributed by atoms with Gasteiger partial charge in [-0.15, -0.1) is 0 Å². The van der Waals surface area contributed by atoms with Crippen molar-refractivity contribution < 1.29 is 33.3 Å². The van der Waals surface area contributed by atoms with E-state index in [1.165, 1.54) is 7.11 Å². The molecule has 4 aromatic carbocycles. The third-order valence-corrected chi connectivity index (χ3v) is 8.61. The van der Waals surface area contributed by atoms with E-state index < -0.39 is 6.04 Å². The van der Waals surface area contributed by atoms with E-state index in [-0.39, 0.29) is 24.0 Å². The summed E-state index contributed by atoms with van der Waals surface area (Å²) in [4.78, 5) is 30.8. The van der Waals surface area contributed by atoms with Crippen molar-refractivity contribution in [2.45, 2.75) is 24.8 Å². The van der Waals surface area contributed by atoms with E-state index in [9.17, 15) is 9.59 Å². The monoisotopic (exact) mass is 620 g/mol. The van der Waals surface area contributed by atoms with Crippen molar-refractivity contribution in [3.8, 4) is 28.7 Å². The highest BCUT2D eigenvalue weighted by Gasteiger charge is 2.42. The van der Waals surface area contributed by atoms with Gasteiger partial charge in [-0.3, -0.25) is 14.5 Å². The number of amides is 1. The van der Waals surface area contributed by atoms with Gasteiger partial charge in [-0.05, 0) is 72.0 Å². The van der Waals surface area contributed by atoms with Crippen molar-refractivity contribution in [3.05, 3.63) is 113 Å². The number of rotatable bonds is 8. The van der Waals surface area contributed by atoms with Crippen molar-refractivity contribution >= 4 is 23.1 Å². The molecule has 6 rings (SSSR count). The van der Waals surface area contributed by atoms with Gasteiger partial charge in [0.1, 0.15) is 0 Å². The molecule has 9 nitrogen and oxygen atoms in total. The molecule has 2 aliphatic rings. The number of benzene rings is 4. The van der Waals surface area contributed by atoms with Crippen LogP contribution in [0.2, 0.25) is 0 Å². The number of ketones is 1. The van der Waals surface area contributed by atoms with Crippen molar-refractivity contribution in [2.24, 2.45) is 0 Å². The number of fused-ring (bicyclic) bond motifs is 1. The third kappa shape index (κ3) is 5.38. The number of anilines is 2. The molecular weight excluding hydrogens is 584 g/mol. The van der Waals surface area contributed by atoms with E-state index in [0.717, 1.165) is 16.9 Å². The molecule has 0 unspecified atom stereocenters. The van der Waals surface area contributed by atoms with Gasteiger partial charge in [0.25, 0.3) is 5.91 Å². The number of allylic oxidation sites excluding steroid dienone is 1. The summed E-state index contributed by atoms with van der Waals surface area (Å²) in [5.41, 5.74) is 4.69. The van der Waals surface area contributed by atoms with Gasteiger partial charge in [0.15, 0.2) is 28.8 Å². The summed E-state index contributed by atoms with van der Waals surface area (Å²) in [5, 5.41) is 3.58. The maximum absolute atomic E-state index is 14.6. The molecule has 9 heteroatoms. The Kier molecular flexibility index (Phi) is 8.57. The number of hydrogen-bond donors (Lipinski definition) is 1. The zero-order valence-electron chi connectivity index (χ0n) is 26.5. The van der Waals surface area contributed by atoms with E-state index in [0.29, 0.717) is 57.6 Å². The predicted molar refractivity (Wildman–Crippen MR) is 176 cm³/mol. The molecule has 2 atom stereocenters. The minimum atomic E-state index is -0.814. The van der Waals surface area contributed by atoms with E-state index in [1.54, 1.807) is 45.5 Å². The van der Waals surface area contributed by atoms with Crippen molar-refractivity contribution in [1.29, 1.82) is 0 Å². The first-order valence-electron chi connectivity index (χ1n) is 14.9. The maximum atomic E-state index is 14.6. The molecule has 0 spiro atoms. The quantitative estimate of drug-likeness (QED) is 0.226. The molecular formula is C37H36N2O7. The molecule has 0 saturated carbocycles. The van der Waals surface area contributed by atoms with E-state index >= 15 is 0 Å². The highest BCUT2D eigenvalue weighted by atomic mass is 16.5. The van der Waals surface area contributed by atoms with Gasteiger partial charge in [-0.1, -0.05) is 36.4 Å². The molecule has 1 aliphatic heterocycles. The summed E-state index contributed by atoms with van der Waals surface area (Å²) in [6.45, 7) is 0. The smallest absolute Gasteiger partial charge is 0.259 e. The first-order valence-corrected chi connectivity index (χ1v) is 14.9. The third-order valence-electron chi connectivity index (χ3n) is 8.61. The fourth-order valence-electron chi connectivity index (χ4n) is 6.45. The lowest BCUT2D eigenvalue weighted by atomic mass is 9.78. The van der Waals surface area contributed by atoms with Gasteiger partial charge >= 0.3 is 0 Å². The number of carbonyl (C=O) groups is 2. The Morgan fingerprint density at radius 3 is 1.98 bits per heavy atom. The number of Topliss-reactive ketones (excluding diaryl/α,β-unsaturated/α-hetero) is 1. The summed E-state index contributed by atoms with van der Waals surface area (Å²) in [6, 6.07) is 25.2. The lowest BCUT2D eigenvalue weighted by molar-refractivity contribution is -0.116. The average molecular weight is 621 g/mol. The second kappa shape index (κ2) is 12.9. The standard InChI is InChI=1S/C37H36N2O7/c1-42-30-16-15-23(19-31(30)43-2)24-17-27-34(29(40)18-24)35(25-20-32(44-3)36(46-5)33(21-25)45-4)39(28-14-10-9-13-26(28)38-27)37(41)22-11-7-6-8-12-22/h6-16,19-21,24,35,38H,17-18H2,1-5H3/t24-,35-/m0/s1. The average Bonchev–Trinajstić information content (AvgIpc) is 3.25. The number of para-hydroxylation sites is 2. The number of ether oxygens (including phenoxy) is 5. The van der Waals surface area contributed by atoms with E-state index in [1.807, 2.05) is 72.8 Å². The molecule has 236 valence electrons.